The van der Waals surface area contributed by atoms with Gasteiger partial charge in [-0.25, -0.2) is 0 Å². The van der Waals surface area contributed by atoms with Crippen molar-refractivity contribution < 1.29 is 5.11 Å². The van der Waals surface area contributed by atoms with Gasteiger partial charge in [-0.15, -0.1) is 0 Å². The highest BCUT2D eigenvalue weighted by Crippen LogP contribution is 2.13. The molecule has 0 aliphatic heterocycles. The van der Waals surface area contributed by atoms with E-state index < -0.39 is 6.10 Å². The minimum Gasteiger partial charge on any atom is -0.387 e. The summed E-state index contributed by atoms with van der Waals surface area (Å²) in [6, 6.07) is 9.22. The van der Waals surface area contributed by atoms with Crippen molar-refractivity contribution in [2.24, 2.45) is 5.73 Å². The predicted molar refractivity (Wildman–Crippen MR) is 45.1 cm³/mol. The van der Waals surface area contributed by atoms with E-state index in [2.05, 4.69) is 0 Å². The van der Waals surface area contributed by atoms with Crippen LogP contribution in [0.4, 0.5) is 0 Å². The second-order valence-electron chi connectivity index (χ2n) is 2.71. The summed E-state index contributed by atoms with van der Waals surface area (Å²) < 4.78 is 0. The lowest BCUT2D eigenvalue weighted by atomic mass is 10.0. The third kappa shape index (κ3) is 2.03. The highest BCUT2D eigenvalue weighted by Gasteiger charge is 2.10. The topological polar surface area (TPSA) is 46.2 Å². The van der Waals surface area contributed by atoms with Gasteiger partial charge >= 0.3 is 0 Å². The molecule has 0 spiro atoms. The Morgan fingerprint density at radius 1 is 1.27 bits per heavy atom. The van der Waals surface area contributed by atoms with Crippen molar-refractivity contribution in [2.75, 3.05) is 0 Å². The fourth-order valence-corrected chi connectivity index (χ4v) is 0.954. The van der Waals surface area contributed by atoms with Gasteiger partial charge in [0, 0.05) is 6.04 Å². The minimum absolute atomic E-state index is 0.211. The Morgan fingerprint density at radius 2 is 1.82 bits per heavy atom. The normalized spacial score (nSPS) is 15.9. The zero-order valence-electron chi connectivity index (χ0n) is 6.57. The zero-order valence-corrected chi connectivity index (χ0v) is 6.57. The Morgan fingerprint density at radius 3 is 2.27 bits per heavy atom. The maximum atomic E-state index is 9.47. The first-order valence-corrected chi connectivity index (χ1v) is 3.70. The first-order chi connectivity index (χ1) is 5.22. The number of rotatable bonds is 2. The second-order valence-corrected chi connectivity index (χ2v) is 2.71. The van der Waals surface area contributed by atoms with Crippen LogP contribution in [0.1, 0.15) is 18.6 Å². The molecule has 11 heavy (non-hydrogen) atoms. The molecule has 3 N–H and O–H groups in total. The SMILES string of the molecule is CC(N)[C@@H](O)c1ccccc1. The van der Waals surface area contributed by atoms with Crippen LogP contribution in [0.25, 0.3) is 0 Å². The van der Waals surface area contributed by atoms with Gasteiger partial charge in [0.2, 0.25) is 0 Å². The van der Waals surface area contributed by atoms with Gasteiger partial charge in [-0.3, -0.25) is 0 Å². The van der Waals surface area contributed by atoms with E-state index in [-0.39, 0.29) is 6.04 Å². The fourth-order valence-electron chi connectivity index (χ4n) is 0.954. The van der Waals surface area contributed by atoms with Crippen molar-refractivity contribution in [3.8, 4) is 0 Å². The van der Waals surface area contributed by atoms with Crippen LogP contribution in [0.5, 0.6) is 0 Å². The molecule has 0 saturated carbocycles. The molecule has 1 aromatic carbocycles. The molecular weight excluding hydrogens is 138 g/mol. The van der Waals surface area contributed by atoms with E-state index in [0.29, 0.717) is 0 Å². The highest BCUT2D eigenvalue weighted by atomic mass is 16.3. The molecule has 1 unspecified atom stereocenters. The molecule has 0 saturated heterocycles. The minimum atomic E-state index is -0.545. The number of aliphatic hydroxyl groups excluding tert-OH is 1. The smallest absolute Gasteiger partial charge is 0.0938 e. The van der Waals surface area contributed by atoms with Crippen LogP contribution in [-0.2, 0) is 0 Å². The molecule has 60 valence electrons. The van der Waals surface area contributed by atoms with Gasteiger partial charge in [-0.1, -0.05) is 30.3 Å². The van der Waals surface area contributed by atoms with Crippen LogP contribution in [0, 0.1) is 0 Å². The maximum Gasteiger partial charge on any atom is 0.0938 e. The number of hydrogen-bond acceptors (Lipinski definition) is 2. The number of nitrogens with two attached hydrogens (primary N) is 1. The van der Waals surface area contributed by atoms with Gasteiger partial charge in [0.05, 0.1) is 6.10 Å². The molecule has 0 radical (unpaired) electrons. The van der Waals surface area contributed by atoms with Crippen molar-refractivity contribution >= 4 is 0 Å². The molecule has 0 heterocycles. The first-order valence-electron chi connectivity index (χ1n) is 3.70. The van der Waals surface area contributed by atoms with Gasteiger partial charge in [0.15, 0.2) is 0 Å². The van der Waals surface area contributed by atoms with Gasteiger partial charge in [0.1, 0.15) is 0 Å². The van der Waals surface area contributed by atoms with E-state index in [4.69, 9.17) is 5.73 Å². The molecule has 2 atom stereocenters. The van der Waals surface area contributed by atoms with E-state index in [9.17, 15) is 5.11 Å². The van der Waals surface area contributed by atoms with Crippen LogP contribution in [0.3, 0.4) is 0 Å². The molecule has 1 rings (SSSR count). The first kappa shape index (κ1) is 8.24. The van der Waals surface area contributed by atoms with Crippen LogP contribution < -0.4 is 5.73 Å². The summed E-state index contributed by atoms with van der Waals surface area (Å²) in [6.45, 7) is 1.79. The van der Waals surface area contributed by atoms with E-state index in [1.165, 1.54) is 0 Å². The molecule has 0 aromatic heterocycles. The molecule has 0 aliphatic carbocycles. The highest BCUT2D eigenvalue weighted by molar-refractivity contribution is 5.18. The quantitative estimate of drug-likeness (QED) is 0.664. The average molecular weight is 151 g/mol. The molecule has 2 heteroatoms. The van der Waals surface area contributed by atoms with E-state index in [1.54, 1.807) is 6.92 Å². The monoisotopic (exact) mass is 151 g/mol. The summed E-state index contributed by atoms with van der Waals surface area (Å²) in [4.78, 5) is 0. The van der Waals surface area contributed by atoms with Gasteiger partial charge in [0.25, 0.3) is 0 Å². The van der Waals surface area contributed by atoms with Crippen molar-refractivity contribution in [3.63, 3.8) is 0 Å². The molecular formula is C9H13NO. The standard InChI is InChI=1S/C9H13NO/c1-7(10)9(11)8-5-3-2-4-6-8/h2-7,9,11H,10H2,1H3/t7?,9-/m1/s1. The third-order valence-electron chi connectivity index (χ3n) is 1.64. The van der Waals surface area contributed by atoms with Gasteiger partial charge < -0.3 is 10.8 Å². The number of aliphatic hydroxyl groups is 1. The van der Waals surface area contributed by atoms with Crippen molar-refractivity contribution in [1.29, 1.82) is 0 Å². The Kier molecular flexibility index (Phi) is 2.63. The maximum absolute atomic E-state index is 9.47. The summed E-state index contributed by atoms with van der Waals surface area (Å²) in [7, 11) is 0. The summed E-state index contributed by atoms with van der Waals surface area (Å²) in [5.41, 5.74) is 6.40. The second kappa shape index (κ2) is 3.51. The lowest BCUT2D eigenvalue weighted by Crippen LogP contribution is -2.24. The summed E-state index contributed by atoms with van der Waals surface area (Å²) in [5.74, 6) is 0. The lowest BCUT2D eigenvalue weighted by molar-refractivity contribution is 0.153. The van der Waals surface area contributed by atoms with E-state index in [0.717, 1.165) is 5.56 Å². The fraction of sp³-hybridized carbons (Fsp3) is 0.333. The summed E-state index contributed by atoms with van der Waals surface area (Å²) >= 11 is 0. The Bertz CT molecular complexity index is 208. The molecule has 2 nitrogen and oxygen atoms in total. The molecule has 1 aromatic rings. The number of hydrogen-bond donors (Lipinski definition) is 2. The van der Waals surface area contributed by atoms with E-state index >= 15 is 0 Å². The average Bonchev–Trinajstić information content (AvgIpc) is 2.05. The van der Waals surface area contributed by atoms with Crippen LogP contribution >= 0.6 is 0 Å². The largest absolute Gasteiger partial charge is 0.387 e. The Hall–Kier alpha value is -0.860. The van der Waals surface area contributed by atoms with Gasteiger partial charge in [-0.2, -0.15) is 0 Å². The van der Waals surface area contributed by atoms with E-state index in [1.807, 2.05) is 30.3 Å². The van der Waals surface area contributed by atoms with Crippen molar-refractivity contribution in [2.45, 2.75) is 19.1 Å². The third-order valence-corrected chi connectivity index (χ3v) is 1.64. The van der Waals surface area contributed by atoms with Gasteiger partial charge in [-0.05, 0) is 12.5 Å². The van der Waals surface area contributed by atoms with Crippen molar-refractivity contribution in [3.05, 3.63) is 35.9 Å². The molecule has 0 fully saturated rings. The molecule has 0 aliphatic rings. The predicted octanol–water partition coefficient (Wildman–Crippen LogP) is 1.07. The van der Waals surface area contributed by atoms with Crippen LogP contribution in [0.15, 0.2) is 30.3 Å². The molecule has 0 amide bonds. The molecule has 0 bridgehead atoms. The van der Waals surface area contributed by atoms with Crippen LogP contribution in [-0.4, -0.2) is 11.1 Å². The zero-order chi connectivity index (χ0) is 8.27. The number of benzene rings is 1. The lowest BCUT2D eigenvalue weighted by Gasteiger charge is -2.13. The Balaban J connectivity index is 2.77. The summed E-state index contributed by atoms with van der Waals surface area (Å²) in [5, 5.41) is 9.47. The summed E-state index contributed by atoms with van der Waals surface area (Å²) in [6.07, 6.45) is -0.545. The Labute approximate surface area is 66.7 Å². The van der Waals surface area contributed by atoms with Crippen LogP contribution in [0.2, 0.25) is 0 Å². The van der Waals surface area contributed by atoms with Crippen molar-refractivity contribution in [1.82, 2.24) is 0 Å².